The number of anilines is 1. The third-order valence-electron chi connectivity index (χ3n) is 1.92. The van der Waals surface area contributed by atoms with Gasteiger partial charge in [-0.05, 0) is 34.1 Å². The molecule has 18 heavy (non-hydrogen) atoms. The number of carbonyl (C=O) groups is 1. The summed E-state index contributed by atoms with van der Waals surface area (Å²) < 4.78 is 28.8. The second-order valence-corrected chi connectivity index (χ2v) is 4.68. The Bertz CT molecular complexity index is 418. The van der Waals surface area contributed by atoms with Crippen LogP contribution in [0, 0.1) is 0 Å². The fourth-order valence-electron chi connectivity index (χ4n) is 1.14. The van der Waals surface area contributed by atoms with Crippen molar-refractivity contribution in [3.8, 4) is 0 Å². The third-order valence-corrected chi connectivity index (χ3v) is 2.81. The SMILES string of the molecule is O=C(CCOCC(F)F)Nc1ccc(Cl)cc1Br. The number of amides is 1. The number of nitrogens with one attached hydrogen (secondary N) is 1. The summed E-state index contributed by atoms with van der Waals surface area (Å²) in [6, 6.07) is 4.92. The highest BCUT2D eigenvalue weighted by atomic mass is 79.9. The third kappa shape index (κ3) is 5.75. The van der Waals surface area contributed by atoms with Crippen molar-refractivity contribution in [1.82, 2.24) is 0 Å². The number of hydrogen-bond donors (Lipinski definition) is 1. The second-order valence-electron chi connectivity index (χ2n) is 3.39. The maximum absolute atomic E-state index is 11.8. The monoisotopic (exact) mass is 341 g/mol. The molecule has 0 spiro atoms. The molecule has 0 radical (unpaired) electrons. The van der Waals surface area contributed by atoms with E-state index in [0.717, 1.165) is 0 Å². The Balaban J connectivity index is 2.35. The van der Waals surface area contributed by atoms with Gasteiger partial charge in [0.2, 0.25) is 5.91 Å². The number of hydrogen-bond acceptors (Lipinski definition) is 2. The minimum atomic E-state index is -2.52. The van der Waals surface area contributed by atoms with Crippen LogP contribution in [0.4, 0.5) is 14.5 Å². The molecule has 0 saturated carbocycles. The molecule has 3 nitrogen and oxygen atoms in total. The molecule has 0 heterocycles. The van der Waals surface area contributed by atoms with Gasteiger partial charge in [-0.3, -0.25) is 4.79 Å². The van der Waals surface area contributed by atoms with Crippen molar-refractivity contribution < 1.29 is 18.3 Å². The van der Waals surface area contributed by atoms with Crippen molar-refractivity contribution in [2.45, 2.75) is 12.8 Å². The van der Waals surface area contributed by atoms with E-state index in [9.17, 15) is 13.6 Å². The molecule has 0 aromatic heterocycles. The van der Waals surface area contributed by atoms with E-state index < -0.39 is 13.0 Å². The molecule has 0 fully saturated rings. The summed E-state index contributed by atoms with van der Waals surface area (Å²) in [5, 5.41) is 3.16. The van der Waals surface area contributed by atoms with E-state index in [1.807, 2.05) is 0 Å². The molecule has 1 N–H and O–H groups in total. The van der Waals surface area contributed by atoms with Gasteiger partial charge in [0.15, 0.2) is 0 Å². The lowest BCUT2D eigenvalue weighted by Crippen LogP contribution is -2.15. The molecule has 1 aromatic carbocycles. The minimum Gasteiger partial charge on any atom is -0.375 e. The summed E-state index contributed by atoms with van der Waals surface area (Å²) >= 11 is 9.00. The van der Waals surface area contributed by atoms with Gasteiger partial charge < -0.3 is 10.1 Å². The van der Waals surface area contributed by atoms with Crippen LogP contribution in [-0.4, -0.2) is 25.5 Å². The molecule has 0 bridgehead atoms. The Kier molecular flexibility index (Phi) is 6.52. The van der Waals surface area contributed by atoms with Crippen LogP contribution in [0.25, 0.3) is 0 Å². The first-order valence-electron chi connectivity index (χ1n) is 5.10. The molecule has 1 aromatic rings. The molecule has 0 aliphatic heterocycles. The molecule has 0 saturated heterocycles. The van der Waals surface area contributed by atoms with Crippen LogP contribution in [0.1, 0.15) is 6.42 Å². The zero-order valence-corrected chi connectivity index (χ0v) is 11.6. The number of benzene rings is 1. The predicted octanol–water partition coefficient (Wildman–Crippen LogP) is 3.71. The summed E-state index contributed by atoms with van der Waals surface area (Å²) in [7, 11) is 0. The summed E-state index contributed by atoms with van der Waals surface area (Å²) in [4.78, 5) is 11.5. The van der Waals surface area contributed by atoms with Gasteiger partial charge in [-0.15, -0.1) is 0 Å². The summed E-state index contributed by atoms with van der Waals surface area (Å²) in [5.74, 6) is -0.313. The first-order chi connectivity index (χ1) is 8.49. The molecule has 0 aliphatic carbocycles. The quantitative estimate of drug-likeness (QED) is 0.800. The van der Waals surface area contributed by atoms with E-state index in [0.29, 0.717) is 15.2 Å². The zero-order valence-electron chi connectivity index (χ0n) is 9.26. The van der Waals surface area contributed by atoms with Crippen LogP contribution in [-0.2, 0) is 9.53 Å². The smallest absolute Gasteiger partial charge is 0.261 e. The van der Waals surface area contributed by atoms with Crippen molar-refractivity contribution >= 4 is 39.1 Å². The number of rotatable bonds is 6. The highest BCUT2D eigenvalue weighted by Gasteiger charge is 2.07. The lowest BCUT2D eigenvalue weighted by Gasteiger charge is -2.08. The van der Waals surface area contributed by atoms with Crippen LogP contribution >= 0.6 is 27.5 Å². The number of alkyl halides is 2. The van der Waals surface area contributed by atoms with Crippen LogP contribution in [0.15, 0.2) is 22.7 Å². The van der Waals surface area contributed by atoms with Crippen molar-refractivity contribution in [2.75, 3.05) is 18.5 Å². The van der Waals surface area contributed by atoms with Gasteiger partial charge in [0.1, 0.15) is 6.61 Å². The van der Waals surface area contributed by atoms with Gasteiger partial charge >= 0.3 is 0 Å². The zero-order chi connectivity index (χ0) is 13.5. The average molecular weight is 343 g/mol. The summed E-state index contributed by atoms with van der Waals surface area (Å²) in [5.41, 5.74) is 0.568. The standard InChI is InChI=1S/C11H11BrClF2NO2/c12-8-5-7(13)1-2-9(8)16-11(17)3-4-18-6-10(14)15/h1-2,5,10H,3-4,6H2,(H,16,17). The van der Waals surface area contributed by atoms with E-state index in [4.69, 9.17) is 11.6 Å². The Morgan fingerprint density at radius 1 is 1.50 bits per heavy atom. The Morgan fingerprint density at radius 2 is 2.22 bits per heavy atom. The minimum absolute atomic E-state index is 0.0157. The van der Waals surface area contributed by atoms with Crippen LogP contribution < -0.4 is 5.32 Å². The molecular formula is C11H11BrClF2NO2. The van der Waals surface area contributed by atoms with Gasteiger partial charge in [0.05, 0.1) is 18.7 Å². The topological polar surface area (TPSA) is 38.3 Å². The van der Waals surface area contributed by atoms with E-state index in [-0.39, 0.29) is 18.9 Å². The number of carbonyl (C=O) groups excluding carboxylic acids is 1. The second kappa shape index (κ2) is 7.66. The van der Waals surface area contributed by atoms with Crippen molar-refractivity contribution in [1.29, 1.82) is 0 Å². The largest absolute Gasteiger partial charge is 0.375 e. The van der Waals surface area contributed by atoms with Gasteiger partial charge in [0.25, 0.3) is 6.43 Å². The van der Waals surface area contributed by atoms with E-state index in [2.05, 4.69) is 26.0 Å². The van der Waals surface area contributed by atoms with Crippen LogP contribution in [0.5, 0.6) is 0 Å². The van der Waals surface area contributed by atoms with Crippen LogP contribution in [0.3, 0.4) is 0 Å². The fourth-order valence-corrected chi connectivity index (χ4v) is 1.92. The lowest BCUT2D eigenvalue weighted by atomic mass is 10.3. The molecule has 1 amide bonds. The molecule has 0 atom stereocenters. The molecule has 7 heteroatoms. The van der Waals surface area contributed by atoms with Gasteiger partial charge in [-0.2, -0.15) is 0 Å². The normalized spacial score (nSPS) is 10.7. The maximum Gasteiger partial charge on any atom is 0.261 e. The molecular weight excluding hydrogens is 331 g/mol. The van der Waals surface area contributed by atoms with Gasteiger partial charge in [-0.1, -0.05) is 11.6 Å². The Hall–Kier alpha value is -0.720. The van der Waals surface area contributed by atoms with Crippen molar-refractivity contribution in [2.24, 2.45) is 0 Å². The van der Waals surface area contributed by atoms with E-state index >= 15 is 0 Å². The number of ether oxygens (including phenoxy) is 1. The molecule has 0 unspecified atom stereocenters. The van der Waals surface area contributed by atoms with Gasteiger partial charge in [0, 0.05) is 9.50 Å². The van der Waals surface area contributed by atoms with Gasteiger partial charge in [-0.25, -0.2) is 8.78 Å². The van der Waals surface area contributed by atoms with E-state index in [1.54, 1.807) is 18.2 Å². The average Bonchev–Trinajstić information content (AvgIpc) is 2.28. The molecule has 0 aliphatic rings. The summed E-state index contributed by atoms with van der Waals surface area (Å²) in [6.45, 7) is -0.695. The Morgan fingerprint density at radius 3 is 2.83 bits per heavy atom. The lowest BCUT2D eigenvalue weighted by molar-refractivity contribution is -0.117. The van der Waals surface area contributed by atoms with E-state index in [1.165, 1.54) is 0 Å². The van der Waals surface area contributed by atoms with Crippen LogP contribution in [0.2, 0.25) is 5.02 Å². The Labute approximate surface area is 117 Å². The predicted molar refractivity (Wildman–Crippen MR) is 69.2 cm³/mol. The molecule has 100 valence electrons. The highest BCUT2D eigenvalue weighted by molar-refractivity contribution is 9.10. The fraction of sp³-hybridized carbons (Fsp3) is 0.364. The maximum atomic E-state index is 11.8. The molecule has 1 rings (SSSR count). The first kappa shape index (κ1) is 15.3. The van der Waals surface area contributed by atoms with Crippen molar-refractivity contribution in [3.05, 3.63) is 27.7 Å². The number of halogens is 4. The highest BCUT2D eigenvalue weighted by Crippen LogP contribution is 2.25. The summed E-state index contributed by atoms with van der Waals surface area (Å²) in [6.07, 6.45) is -2.50. The van der Waals surface area contributed by atoms with Crippen molar-refractivity contribution in [3.63, 3.8) is 0 Å². The first-order valence-corrected chi connectivity index (χ1v) is 6.27.